The maximum atomic E-state index is 11.6. The lowest BCUT2D eigenvalue weighted by Gasteiger charge is -2.10. The van der Waals surface area contributed by atoms with Crippen LogP contribution in [0.3, 0.4) is 0 Å². The summed E-state index contributed by atoms with van der Waals surface area (Å²) in [7, 11) is -0.796. The number of hydrogen-bond donors (Lipinski definition) is 1. The van der Waals surface area contributed by atoms with Gasteiger partial charge in [0.1, 0.15) is 0 Å². The molecule has 3 nitrogen and oxygen atoms in total. The van der Waals surface area contributed by atoms with Gasteiger partial charge < -0.3 is 9.29 Å². The highest BCUT2D eigenvalue weighted by molar-refractivity contribution is 8.45. The van der Waals surface area contributed by atoms with Crippen molar-refractivity contribution < 1.29 is 18.3 Å². The minimum absolute atomic E-state index is 0.308. The summed E-state index contributed by atoms with van der Waals surface area (Å²) in [6, 6.07) is 0. The van der Waals surface area contributed by atoms with E-state index in [1.165, 1.54) is 0 Å². The van der Waals surface area contributed by atoms with E-state index in [4.69, 9.17) is 9.29 Å². The zero-order chi connectivity index (χ0) is 10.8. The minimum Gasteiger partial charge on any atom is -0.481 e. The fourth-order valence-corrected chi connectivity index (χ4v) is 1.70. The number of hydrogen-bond acceptors (Lipinski definition) is 3. The van der Waals surface area contributed by atoms with Crippen molar-refractivity contribution in [3.05, 3.63) is 0 Å². The van der Waals surface area contributed by atoms with Crippen molar-refractivity contribution >= 4 is 25.7 Å². The SMILES string of the molecule is CCCCC(CCOSPF)C(=O)O. The molecular formula is C8H16FO3PS. The molecule has 0 heterocycles. The molecule has 14 heavy (non-hydrogen) atoms. The molecule has 84 valence electrons. The van der Waals surface area contributed by atoms with Crippen molar-refractivity contribution in [3.63, 3.8) is 0 Å². The van der Waals surface area contributed by atoms with Gasteiger partial charge in [-0.2, -0.15) is 0 Å². The van der Waals surface area contributed by atoms with E-state index in [1.807, 2.05) is 6.92 Å². The Labute approximate surface area is 89.6 Å². The fraction of sp³-hybridized carbons (Fsp3) is 0.875. The lowest BCUT2D eigenvalue weighted by Crippen LogP contribution is -2.15. The predicted molar refractivity (Wildman–Crippen MR) is 58.2 cm³/mol. The van der Waals surface area contributed by atoms with Gasteiger partial charge in [-0.3, -0.25) is 4.79 Å². The van der Waals surface area contributed by atoms with Crippen molar-refractivity contribution in [2.75, 3.05) is 6.61 Å². The lowest BCUT2D eigenvalue weighted by atomic mass is 9.99. The maximum Gasteiger partial charge on any atom is 0.306 e. The molecule has 0 spiro atoms. The van der Waals surface area contributed by atoms with E-state index in [0.717, 1.165) is 24.5 Å². The van der Waals surface area contributed by atoms with Crippen molar-refractivity contribution in [2.24, 2.45) is 5.92 Å². The number of rotatable bonds is 9. The molecule has 0 aliphatic carbocycles. The zero-order valence-corrected chi connectivity index (χ0v) is 9.98. The molecule has 0 aromatic rings. The van der Waals surface area contributed by atoms with Gasteiger partial charge >= 0.3 is 5.97 Å². The molecule has 0 aliphatic rings. The average Bonchev–Trinajstić information content (AvgIpc) is 2.16. The Hall–Kier alpha value is 0.140. The molecule has 0 amide bonds. The third kappa shape index (κ3) is 7.54. The van der Waals surface area contributed by atoms with Crippen LogP contribution in [0.15, 0.2) is 0 Å². The molecule has 0 saturated heterocycles. The minimum atomic E-state index is -0.796. The fourth-order valence-electron chi connectivity index (χ4n) is 1.10. The van der Waals surface area contributed by atoms with Crippen LogP contribution in [-0.4, -0.2) is 17.7 Å². The van der Waals surface area contributed by atoms with Gasteiger partial charge in [0.2, 0.25) is 0 Å². The van der Waals surface area contributed by atoms with Crippen molar-refractivity contribution in [1.29, 1.82) is 0 Å². The van der Waals surface area contributed by atoms with Gasteiger partial charge in [0.15, 0.2) is 8.09 Å². The third-order valence-corrected chi connectivity index (χ3v) is 2.79. The summed E-state index contributed by atoms with van der Waals surface area (Å²) >= 11 is 0.754. The highest BCUT2D eigenvalue weighted by Crippen LogP contribution is 2.31. The molecular weight excluding hydrogens is 226 g/mol. The van der Waals surface area contributed by atoms with Crippen LogP contribution in [0.25, 0.3) is 0 Å². The molecule has 0 radical (unpaired) electrons. The summed E-state index contributed by atoms with van der Waals surface area (Å²) < 4.78 is 16.5. The van der Waals surface area contributed by atoms with Crippen LogP contribution in [0.4, 0.5) is 4.20 Å². The van der Waals surface area contributed by atoms with Gasteiger partial charge in [-0.05, 0) is 12.8 Å². The lowest BCUT2D eigenvalue weighted by molar-refractivity contribution is -0.142. The molecule has 0 rings (SSSR count). The quantitative estimate of drug-likeness (QED) is 0.382. The van der Waals surface area contributed by atoms with E-state index in [1.54, 1.807) is 0 Å². The second-order valence-electron chi connectivity index (χ2n) is 2.95. The number of halogens is 1. The molecule has 1 N–H and O–H groups in total. The predicted octanol–water partition coefficient (Wildman–Crippen LogP) is 3.41. The Morgan fingerprint density at radius 3 is 2.86 bits per heavy atom. The number of aliphatic carboxylic acids is 1. The van der Waals surface area contributed by atoms with E-state index in [0.29, 0.717) is 19.4 Å². The first-order chi connectivity index (χ1) is 6.72. The van der Waals surface area contributed by atoms with Crippen LogP contribution in [0.5, 0.6) is 0 Å². The summed E-state index contributed by atoms with van der Waals surface area (Å²) in [5, 5.41) is 8.82. The van der Waals surface area contributed by atoms with Crippen molar-refractivity contribution in [2.45, 2.75) is 32.6 Å². The van der Waals surface area contributed by atoms with E-state index in [-0.39, 0.29) is 5.92 Å². The first-order valence-corrected chi connectivity index (χ1v) is 6.93. The highest BCUT2D eigenvalue weighted by Gasteiger charge is 2.16. The zero-order valence-electron chi connectivity index (χ0n) is 8.16. The summed E-state index contributed by atoms with van der Waals surface area (Å²) in [5.74, 6) is -1.13. The van der Waals surface area contributed by atoms with Crippen LogP contribution in [0, 0.1) is 5.92 Å². The van der Waals surface area contributed by atoms with Gasteiger partial charge in [-0.25, -0.2) is 4.20 Å². The van der Waals surface area contributed by atoms with E-state index in [2.05, 4.69) is 0 Å². The van der Waals surface area contributed by atoms with Crippen LogP contribution < -0.4 is 0 Å². The molecule has 2 atom stereocenters. The number of carboxylic acids is 1. The van der Waals surface area contributed by atoms with Gasteiger partial charge in [0.05, 0.1) is 24.2 Å². The smallest absolute Gasteiger partial charge is 0.306 e. The standard InChI is InChI=1S/C8H16FO3PS/c1-2-3-4-7(8(10)11)5-6-12-14-13-9/h7,13H,2-6H2,1H3,(H,10,11). The normalized spacial score (nSPS) is 13.6. The Balaban J connectivity index is 3.57. The van der Waals surface area contributed by atoms with Crippen LogP contribution in [0.1, 0.15) is 32.6 Å². The molecule has 0 aromatic carbocycles. The molecule has 0 saturated carbocycles. The van der Waals surface area contributed by atoms with E-state index >= 15 is 0 Å². The monoisotopic (exact) mass is 242 g/mol. The largest absolute Gasteiger partial charge is 0.481 e. The van der Waals surface area contributed by atoms with Gasteiger partial charge in [-0.15, -0.1) is 0 Å². The molecule has 0 fully saturated rings. The topological polar surface area (TPSA) is 46.5 Å². The third-order valence-electron chi connectivity index (χ3n) is 1.90. The summed E-state index contributed by atoms with van der Waals surface area (Å²) in [5.41, 5.74) is 0. The summed E-state index contributed by atoms with van der Waals surface area (Å²) in [6.07, 6.45) is 3.05. The molecule has 0 bridgehead atoms. The van der Waals surface area contributed by atoms with Crippen molar-refractivity contribution in [3.8, 4) is 0 Å². The van der Waals surface area contributed by atoms with Crippen molar-refractivity contribution in [1.82, 2.24) is 0 Å². The first-order valence-electron chi connectivity index (χ1n) is 4.59. The molecule has 6 heteroatoms. The Morgan fingerprint density at radius 2 is 2.36 bits per heavy atom. The van der Waals surface area contributed by atoms with Crippen LogP contribution >= 0.6 is 19.8 Å². The summed E-state index contributed by atoms with van der Waals surface area (Å²) in [6.45, 7) is 2.33. The molecule has 0 aliphatic heterocycles. The number of carboxylic acid groups (broad SMARTS) is 1. The second kappa shape index (κ2) is 9.69. The van der Waals surface area contributed by atoms with Crippen LogP contribution in [-0.2, 0) is 8.98 Å². The van der Waals surface area contributed by atoms with Gasteiger partial charge in [-0.1, -0.05) is 19.8 Å². The van der Waals surface area contributed by atoms with Gasteiger partial charge in [0.25, 0.3) is 0 Å². The van der Waals surface area contributed by atoms with Crippen LogP contribution in [0.2, 0.25) is 0 Å². The highest BCUT2D eigenvalue weighted by atomic mass is 32.7. The van der Waals surface area contributed by atoms with E-state index < -0.39 is 14.1 Å². The van der Waals surface area contributed by atoms with E-state index in [9.17, 15) is 8.99 Å². The molecule has 2 unspecified atom stereocenters. The molecule has 0 aromatic heterocycles. The number of carbonyl (C=O) groups is 1. The Morgan fingerprint density at radius 1 is 1.64 bits per heavy atom. The number of unbranched alkanes of at least 4 members (excludes halogenated alkanes) is 1. The maximum absolute atomic E-state index is 11.6. The summed E-state index contributed by atoms with van der Waals surface area (Å²) in [4.78, 5) is 10.7. The first kappa shape index (κ1) is 14.1. The average molecular weight is 242 g/mol. The second-order valence-corrected chi connectivity index (χ2v) is 4.47. The Bertz CT molecular complexity index is 160. The Kier molecular flexibility index (Phi) is 9.78. The van der Waals surface area contributed by atoms with Gasteiger partial charge in [0, 0.05) is 0 Å².